The van der Waals surface area contributed by atoms with Gasteiger partial charge in [-0.1, -0.05) is 13.8 Å². The van der Waals surface area contributed by atoms with E-state index in [1.54, 1.807) is 0 Å². The Morgan fingerprint density at radius 3 is 2.81 bits per heavy atom. The Morgan fingerprint density at radius 1 is 1.44 bits per heavy atom. The van der Waals surface area contributed by atoms with E-state index in [9.17, 15) is 4.79 Å². The fraction of sp³-hybridized carbons (Fsp3) is 0.917. The van der Waals surface area contributed by atoms with Gasteiger partial charge in [-0.2, -0.15) is 0 Å². The Bertz CT molecular complexity index is 210. The Labute approximate surface area is 98.6 Å². The standard InChI is InChI=1S/C12H25N3O/c1-10(2)8-15(9-12(13)16)11-4-3-6-14-7-5-11/h10-11,14H,3-9H2,1-2H3,(H2,13,16). The number of carbonyl (C=O) groups is 1. The van der Waals surface area contributed by atoms with Crippen molar-refractivity contribution in [3.05, 3.63) is 0 Å². The Kier molecular flexibility index (Phi) is 5.77. The number of amides is 1. The van der Waals surface area contributed by atoms with Crippen LogP contribution in [0.25, 0.3) is 0 Å². The summed E-state index contributed by atoms with van der Waals surface area (Å²) in [5.74, 6) is 0.369. The molecule has 1 aliphatic rings. The molecule has 0 aliphatic carbocycles. The zero-order valence-electron chi connectivity index (χ0n) is 10.5. The average molecular weight is 227 g/mol. The van der Waals surface area contributed by atoms with Crippen LogP contribution in [-0.2, 0) is 4.79 Å². The molecule has 1 rings (SSSR count). The number of rotatable bonds is 5. The highest BCUT2D eigenvalue weighted by molar-refractivity contribution is 5.75. The molecule has 94 valence electrons. The zero-order valence-corrected chi connectivity index (χ0v) is 10.5. The predicted octanol–water partition coefficient (Wildman–Crippen LogP) is 0.572. The molecule has 0 aromatic heterocycles. The van der Waals surface area contributed by atoms with E-state index in [1.165, 1.54) is 12.8 Å². The second-order valence-corrected chi connectivity index (χ2v) is 5.12. The third-order valence-electron chi connectivity index (χ3n) is 3.02. The average Bonchev–Trinajstić information content (AvgIpc) is 2.42. The van der Waals surface area contributed by atoms with Gasteiger partial charge in [-0.15, -0.1) is 0 Å². The van der Waals surface area contributed by atoms with E-state index in [4.69, 9.17) is 5.73 Å². The molecule has 1 unspecified atom stereocenters. The smallest absolute Gasteiger partial charge is 0.231 e. The SMILES string of the molecule is CC(C)CN(CC(N)=O)C1CCCNCC1. The van der Waals surface area contributed by atoms with Crippen molar-refractivity contribution >= 4 is 5.91 Å². The molecule has 3 N–H and O–H groups in total. The van der Waals surface area contributed by atoms with Crippen molar-refractivity contribution in [2.24, 2.45) is 11.7 Å². The van der Waals surface area contributed by atoms with E-state index in [-0.39, 0.29) is 5.91 Å². The van der Waals surface area contributed by atoms with E-state index in [0.29, 0.717) is 18.5 Å². The van der Waals surface area contributed by atoms with Crippen LogP contribution >= 0.6 is 0 Å². The molecule has 1 heterocycles. The van der Waals surface area contributed by atoms with Crippen molar-refractivity contribution < 1.29 is 4.79 Å². The molecule has 0 aromatic carbocycles. The molecule has 0 radical (unpaired) electrons. The molecule has 4 heteroatoms. The molecule has 0 saturated carbocycles. The first-order chi connectivity index (χ1) is 7.59. The second-order valence-electron chi connectivity index (χ2n) is 5.12. The van der Waals surface area contributed by atoms with Gasteiger partial charge < -0.3 is 11.1 Å². The van der Waals surface area contributed by atoms with Crippen LogP contribution in [-0.4, -0.2) is 43.0 Å². The van der Waals surface area contributed by atoms with Crippen LogP contribution in [0.4, 0.5) is 0 Å². The minimum Gasteiger partial charge on any atom is -0.369 e. The zero-order chi connectivity index (χ0) is 12.0. The summed E-state index contributed by atoms with van der Waals surface area (Å²) < 4.78 is 0. The molecule has 0 bridgehead atoms. The monoisotopic (exact) mass is 227 g/mol. The van der Waals surface area contributed by atoms with Crippen molar-refractivity contribution in [3.8, 4) is 0 Å². The third kappa shape index (κ3) is 4.94. The van der Waals surface area contributed by atoms with Crippen molar-refractivity contribution in [1.82, 2.24) is 10.2 Å². The maximum absolute atomic E-state index is 11.1. The lowest BCUT2D eigenvalue weighted by Crippen LogP contribution is -2.43. The third-order valence-corrected chi connectivity index (χ3v) is 3.02. The lowest BCUT2D eigenvalue weighted by atomic mass is 10.1. The minimum atomic E-state index is -0.210. The van der Waals surface area contributed by atoms with Crippen LogP contribution in [0, 0.1) is 5.92 Å². The van der Waals surface area contributed by atoms with E-state index >= 15 is 0 Å². The minimum absolute atomic E-state index is 0.210. The highest BCUT2D eigenvalue weighted by Crippen LogP contribution is 2.14. The van der Waals surface area contributed by atoms with E-state index < -0.39 is 0 Å². The largest absolute Gasteiger partial charge is 0.369 e. The highest BCUT2D eigenvalue weighted by Gasteiger charge is 2.21. The normalized spacial score (nSPS) is 22.4. The maximum Gasteiger partial charge on any atom is 0.231 e. The van der Waals surface area contributed by atoms with Gasteiger partial charge in [-0.05, 0) is 38.3 Å². The topological polar surface area (TPSA) is 58.4 Å². The highest BCUT2D eigenvalue weighted by atomic mass is 16.1. The fourth-order valence-corrected chi connectivity index (χ4v) is 2.38. The molecule has 1 aliphatic heterocycles. The first-order valence-corrected chi connectivity index (χ1v) is 6.32. The first-order valence-electron chi connectivity index (χ1n) is 6.32. The van der Waals surface area contributed by atoms with Crippen molar-refractivity contribution in [3.63, 3.8) is 0 Å². The molecule has 16 heavy (non-hydrogen) atoms. The van der Waals surface area contributed by atoms with Gasteiger partial charge in [0.05, 0.1) is 6.54 Å². The molecule has 1 atom stereocenters. The lowest BCUT2D eigenvalue weighted by molar-refractivity contribution is -0.119. The summed E-state index contributed by atoms with van der Waals surface area (Å²) in [4.78, 5) is 13.3. The van der Waals surface area contributed by atoms with Crippen molar-refractivity contribution in [1.29, 1.82) is 0 Å². The Balaban J connectivity index is 2.53. The van der Waals surface area contributed by atoms with E-state index in [0.717, 1.165) is 26.1 Å². The number of nitrogens with one attached hydrogen (secondary N) is 1. The number of hydrogen-bond acceptors (Lipinski definition) is 3. The Hall–Kier alpha value is -0.610. The summed E-state index contributed by atoms with van der Waals surface area (Å²) in [6.07, 6.45) is 3.49. The summed E-state index contributed by atoms with van der Waals surface area (Å²) in [5, 5.41) is 3.40. The first kappa shape index (κ1) is 13.5. The molecule has 4 nitrogen and oxygen atoms in total. The van der Waals surface area contributed by atoms with Crippen LogP contribution in [0.1, 0.15) is 33.1 Å². The van der Waals surface area contributed by atoms with Gasteiger partial charge in [0.2, 0.25) is 5.91 Å². The molecule has 1 saturated heterocycles. The molecular formula is C12H25N3O. The van der Waals surface area contributed by atoms with Crippen LogP contribution < -0.4 is 11.1 Å². The summed E-state index contributed by atoms with van der Waals surface area (Å²) >= 11 is 0. The quantitative estimate of drug-likeness (QED) is 0.722. The van der Waals surface area contributed by atoms with Crippen LogP contribution in [0.5, 0.6) is 0 Å². The van der Waals surface area contributed by atoms with Gasteiger partial charge in [0.1, 0.15) is 0 Å². The molecule has 0 spiro atoms. The van der Waals surface area contributed by atoms with Gasteiger partial charge in [0.15, 0.2) is 0 Å². The van der Waals surface area contributed by atoms with Gasteiger partial charge >= 0.3 is 0 Å². The predicted molar refractivity (Wildman–Crippen MR) is 66.1 cm³/mol. The van der Waals surface area contributed by atoms with Crippen LogP contribution in [0.2, 0.25) is 0 Å². The van der Waals surface area contributed by atoms with Gasteiger partial charge in [0, 0.05) is 12.6 Å². The van der Waals surface area contributed by atoms with Gasteiger partial charge in [0.25, 0.3) is 0 Å². The van der Waals surface area contributed by atoms with Crippen LogP contribution in [0.15, 0.2) is 0 Å². The summed E-state index contributed by atoms with van der Waals surface area (Å²) in [6, 6.07) is 0.518. The summed E-state index contributed by atoms with van der Waals surface area (Å²) in [6.45, 7) is 7.89. The number of primary amides is 1. The molecule has 1 amide bonds. The second kappa shape index (κ2) is 6.86. The summed E-state index contributed by atoms with van der Waals surface area (Å²) in [5.41, 5.74) is 5.32. The van der Waals surface area contributed by atoms with E-state index in [1.807, 2.05) is 0 Å². The van der Waals surface area contributed by atoms with Crippen molar-refractivity contribution in [2.75, 3.05) is 26.2 Å². The van der Waals surface area contributed by atoms with E-state index in [2.05, 4.69) is 24.1 Å². The lowest BCUT2D eigenvalue weighted by Gasteiger charge is -2.31. The number of nitrogens with zero attached hydrogens (tertiary/aromatic N) is 1. The number of nitrogens with two attached hydrogens (primary N) is 1. The summed E-state index contributed by atoms with van der Waals surface area (Å²) in [7, 11) is 0. The fourth-order valence-electron chi connectivity index (χ4n) is 2.38. The molecular weight excluding hydrogens is 202 g/mol. The number of hydrogen-bond donors (Lipinski definition) is 2. The maximum atomic E-state index is 11.1. The van der Waals surface area contributed by atoms with Crippen LogP contribution in [0.3, 0.4) is 0 Å². The van der Waals surface area contributed by atoms with Crippen molar-refractivity contribution in [2.45, 2.75) is 39.2 Å². The van der Waals surface area contributed by atoms with Gasteiger partial charge in [-0.3, -0.25) is 9.69 Å². The molecule has 0 aromatic rings. The van der Waals surface area contributed by atoms with Gasteiger partial charge in [-0.25, -0.2) is 0 Å². The number of carbonyl (C=O) groups excluding carboxylic acids is 1. The Morgan fingerprint density at radius 2 is 2.19 bits per heavy atom. The molecule has 1 fully saturated rings.